The molecule has 3 heterocycles. The first-order valence-electron chi connectivity index (χ1n) is 12.7. The predicted octanol–water partition coefficient (Wildman–Crippen LogP) is 5.01. The number of fused-ring (bicyclic) bond motifs is 2. The van der Waals surface area contributed by atoms with Crippen molar-refractivity contribution in [3.8, 4) is 5.75 Å². The van der Waals surface area contributed by atoms with E-state index in [2.05, 4.69) is 20.8 Å². The molecule has 3 aromatic carbocycles. The third-order valence-corrected chi connectivity index (χ3v) is 7.63. The number of benzene rings is 3. The van der Waals surface area contributed by atoms with Crippen molar-refractivity contribution in [3.05, 3.63) is 110 Å². The van der Waals surface area contributed by atoms with Gasteiger partial charge in [-0.15, -0.1) is 0 Å². The summed E-state index contributed by atoms with van der Waals surface area (Å²) in [6, 6.07) is 22.3. The third-order valence-electron chi connectivity index (χ3n) is 7.13. The summed E-state index contributed by atoms with van der Waals surface area (Å²) in [4.78, 5) is 31.5. The number of halogens is 1. The molecule has 1 saturated heterocycles. The van der Waals surface area contributed by atoms with Gasteiger partial charge in [-0.3, -0.25) is 14.5 Å². The first-order chi connectivity index (χ1) is 18.6. The third kappa shape index (κ3) is 4.87. The molecular weight excluding hydrogens is 548 g/mol. The second-order valence-electron chi connectivity index (χ2n) is 9.51. The van der Waals surface area contributed by atoms with Crippen LogP contribution in [0.1, 0.15) is 33.3 Å². The molecule has 0 radical (unpaired) electrons. The molecule has 1 unspecified atom stereocenters. The minimum absolute atomic E-state index is 0.126. The molecule has 0 bridgehead atoms. The van der Waals surface area contributed by atoms with Crippen molar-refractivity contribution in [1.29, 1.82) is 0 Å². The van der Waals surface area contributed by atoms with E-state index >= 15 is 0 Å². The second-order valence-corrected chi connectivity index (χ2v) is 10.4. The molecule has 0 N–H and O–H groups in total. The number of morpholine rings is 1. The van der Waals surface area contributed by atoms with Crippen molar-refractivity contribution in [2.24, 2.45) is 0 Å². The van der Waals surface area contributed by atoms with Gasteiger partial charge in [0.1, 0.15) is 17.9 Å². The van der Waals surface area contributed by atoms with Crippen molar-refractivity contribution < 1.29 is 18.7 Å². The van der Waals surface area contributed by atoms with Gasteiger partial charge in [-0.25, -0.2) is 0 Å². The smallest absolute Gasteiger partial charge is 0.290 e. The molecule has 1 fully saturated rings. The summed E-state index contributed by atoms with van der Waals surface area (Å²) in [5.74, 6) is 0.585. The first-order valence-corrected chi connectivity index (χ1v) is 13.5. The van der Waals surface area contributed by atoms with E-state index < -0.39 is 6.04 Å². The Kier molecular flexibility index (Phi) is 7.02. The molecule has 2 aliphatic rings. The topological polar surface area (TPSA) is 72.2 Å². The Labute approximate surface area is 228 Å². The van der Waals surface area contributed by atoms with Gasteiger partial charge in [-0.1, -0.05) is 58.4 Å². The van der Waals surface area contributed by atoms with Crippen molar-refractivity contribution >= 4 is 32.8 Å². The lowest BCUT2D eigenvalue weighted by molar-refractivity contribution is 0.0314. The fraction of sp³-hybridized carbons (Fsp3) is 0.267. The van der Waals surface area contributed by atoms with Crippen LogP contribution in [0.3, 0.4) is 0 Å². The Morgan fingerprint density at radius 3 is 2.45 bits per heavy atom. The number of rotatable bonds is 7. The maximum absolute atomic E-state index is 13.8. The number of nitrogens with zero attached hydrogens (tertiary/aromatic N) is 2. The van der Waals surface area contributed by atoms with Gasteiger partial charge in [0, 0.05) is 30.7 Å². The SMILES string of the molecule is O=C1c2oc3ccc(Br)cc3c(=O)c2C(c2ccc(OCc3ccccc3)cc2)N1CCN1CCOCC1. The van der Waals surface area contributed by atoms with Crippen molar-refractivity contribution in [2.45, 2.75) is 12.6 Å². The highest BCUT2D eigenvalue weighted by molar-refractivity contribution is 9.10. The quantitative estimate of drug-likeness (QED) is 0.309. The summed E-state index contributed by atoms with van der Waals surface area (Å²) < 4.78 is 18.3. The van der Waals surface area contributed by atoms with E-state index in [0.717, 1.165) is 34.4 Å². The molecule has 0 spiro atoms. The normalized spacial score (nSPS) is 17.7. The predicted molar refractivity (Wildman–Crippen MR) is 148 cm³/mol. The number of hydrogen-bond acceptors (Lipinski definition) is 6. The highest BCUT2D eigenvalue weighted by Gasteiger charge is 2.42. The van der Waals surface area contributed by atoms with Gasteiger partial charge in [0.2, 0.25) is 5.76 Å². The summed E-state index contributed by atoms with van der Waals surface area (Å²) in [6.07, 6.45) is 0. The number of carbonyl (C=O) groups is 1. The van der Waals surface area contributed by atoms with E-state index in [9.17, 15) is 9.59 Å². The lowest BCUT2D eigenvalue weighted by Gasteiger charge is -2.31. The molecular formula is C30H27BrN2O5. The Morgan fingerprint density at radius 1 is 0.921 bits per heavy atom. The molecule has 2 aliphatic heterocycles. The Morgan fingerprint density at radius 2 is 1.68 bits per heavy atom. The number of hydrogen-bond donors (Lipinski definition) is 0. The Bertz CT molecular complexity index is 1510. The number of amides is 1. The lowest BCUT2D eigenvalue weighted by Crippen LogP contribution is -2.42. The van der Waals surface area contributed by atoms with E-state index in [4.69, 9.17) is 13.9 Å². The van der Waals surface area contributed by atoms with Crippen LogP contribution in [-0.2, 0) is 11.3 Å². The maximum atomic E-state index is 13.8. The average molecular weight is 575 g/mol. The minimum atomic E-state index is -0.540. The summed E-state index contributed by atoms with van der Waals surface area (Å²) in [5.41, 5.74) is 2.54. The van der Waals surface area contributed by atoms with E-state index in [1.165, 1.54) is 0 Å². The first kappa shape index (κ1) is 24.9. The zero-order valence-corrected chi connectivity index (χ0v) is 22.4. The summed E-state index contributed by atoms with van der Waals surface area (Å²) in [7, 11) is 0. The largest absolute Gasteiger partial charge is 0.489 e. The van der Waals surface area contributed by atoms with E-state index in [1.807, 2.05) is 54.6 Å². The van der Waals surface area contributed by atoms with Gasteiger partial charge < -0.3 is 18.8 Å². The highest BCUT2D eigenvalue weighted by atomic mass is 79.9. The van der Waals surface area contributed by atoms with Crippen LogP contribution in [0.4, 0.5) is 0 Å². The fourth-order valence-electron chi connectivity index (χ4n) is 5.13. The molecule has 6 rings (SSSR count). The monoisotopic (exact) mass is 574 g/mol. The Balaban J connectivity index is 1.34. The van der Waals surface area contributed by atoms with Crippen molar-refractivity contribution in [3.63, 3.8) is 0 Å². The minimum Gasteiger partial charge on any atom is -0.489 e. The zero-order chi connectivity index (χ0) is 26.1. The molecule has 1 aromatic heterocycles. The summed E-state index contributed by atoms with van der Waals surface area (Å²) in [5, 5.41) is 0.453. The number of ether oxygens (including phenoxy) is 2. The van der Waals surface area contributed by atoms with Crippen LogP contribution in [0.2, 0.25) is 0 Å². The van der Waals surface area contributed by atoms with Crippen molar-refractivity contribution in [1.82, 2.24) is 9.80 Å². The van der Waals surface area contributed by atoms with Crippen LogP contribution >= 0.6 is 15.9 Å². The molecule has 1 amide bonds. The van der Waals surface area contributed by atoms with Gasteiger partial charge in [0.25, 0.3) is 5.91 Å². The van der Waals surface area contributed by atoms with E-state index in [1.54, 1.807) is 23.1 Å². The lowest BCUT2D eigenvalue weighted by atomic mass is 9.98. The summed E-state index contributed by atoms with van der Waals surface area (Å²) >= 11 is 3.45. The molecule has 0 aliphatic carbocycles. The van der Waals surface area contributed by atoms with Crippen LogP contribution in [-0.4, -0.2) is 55.1 Å². The Hall–Kier alpha value is -3.46. The van der Waals surface area contributed by atoms with Gasteiger partial charge in [-0.2, -0.15) is 0 Å². The van der Waals surface area contributed by atoms with Crippen LogP contribution in [0.5, 0.6) is 5.75 Å². The van der Waals surface area contributed by atoms with E-state index in [-0.39, 0.29) is 17.1 Å². The van der Waals surface area contributed by atoms with Crippen LogP contribution in [0.15, 0.2) is 86.5 Å². The van der Waals surface area contributed by atoms with Crippen molar-refractivity contribution in [2.75, 3.05) is 39.4 Å². The zero-order valence-electron chi connectivity index (χ0n) is 20.8. The maximum Gasteiger partial charge on any atom is 0.290 e. The van der Waals surface area contributed by atoms with Gasteiger partial charge in [-0.05, 0) is 41.5 Å². The van der Waals surface area contributed by atoms with Gasteiger partial charge in [0.05, 0.1) is 30.2 Å². The molecule has 8 heteroatoms. The highest BCUT2D eigenvalue weighted by Crippen LogP contribution is 2.38. The molecule has 0 saturated carbocycles. The second kappa shape index (κ2) is 10.7. The molecule has 38 heavy (non-hydrogen) atoms. The van der Waals surface area contributed by atoms with E-state index in [0.29, 0.717) is 49.4 Å². The van der Waals surface area contributed by atoms with Gasteiger partial charge in [0.15, 0.2) is 5.43 Å². The fourth-order valence-corrected chi connectivity index (χ4v) is 5.49. The molecule has 194 valence electrons. The van der Waals surface area contributed by atoms with Crippen LogP contribution in [0, 0.1) is 0 Å². The standard InChI is InChI=1S/C30H27BrN2O5/c31-22-8-11-25-24(18-22)28(34)26-27(21-6-9-23(10-7-21)37-19-20-4-2-1-3-5-20)33(30(35)29(26)38-25)13-12-32-14-16-36-17-15-32/h1-11,18,27H,12-17,19H2. The van der Waals surface area contributed by atoms with Gasteiger partial charge >= 0.3 is 0 Å². The van der Waals surface area contributed by atoms with Crippen LogP contribution < -0.4 is 10.2 Å². The van der Waals surface area contributed by atoms with Crippen LogP contribution in [0.25, 0.3) is 11.0 Å². The molecule has 1 atom stereocenters. The number of carbonyl (C=O) groups excluding carboxylic acids is 1. The molecule has 7 nitrogen and oxygen atoms in total. The average Bonchev–Trinajstić information content (AvgIpc) is 3.24. The summed E-state index contributed by atoms with van der Waals surface area (Å²) in [6.45, 7) is 4.63. The molecule has 4 aromatic rings.